The van der Waals surface area contributed by atoms with Crippen LogP contribution in [0.1, 0.15) is 23.2 Å². The lowest BCUT2D eigenvalue weighted by Gasteiger charge is -2.31. The van der Waals surface area contributed by atoms with E-state index in [9.17, 15) is 9.59 Å². The maximum atomic E-state index is 13.0. The smallest absolute Gasteiger partial charge is 0.339 e. The number of carbonyl (C=O) groups excluding carboxylic acids is 2. The Morgan fingerprint density at radius 2 is 1.91 bits per heavy atom. The number of methoxy groups -OCH3 is 2. The summed E-state index contributed by atoms with van der Waals surface area (Å²) in [6.07, 6.45) is 3.55. The number of para-hydroxylation sites is 1. The summed E-state index contributed by atoms with van der Waals surface area (Å²) in [6, 6.07) is 14.6. The minimum absolute atomic E-state index is 0.117. The Bertz CT molecular complexity index is 1330. The third-order valence-corrected chi connectivity index (χ3v) is 7.05. The SMILES string of the molecule is COC(=O)c1ccccc1NC(=O)[C@H]1CCCN(c2nn3cc(-c4ccc(OC)cc4)nc3s2)C1. The Kier molecular flexibility index (Phi) is 6.37. The quantitative estimate of drug-likeness (QED) is 0.405. The minimum atomic E-state index is -0.480. The molecule has 1 aliphatic heterocycles. The molecule has 1 saturated heterocycles. The molecule has 1 atom stereocenters. The molecule has 1 amide bonds. The molecule has 3 heterocycles. The van der Waals surface area contributed by atoms with E-state index in [0.717, 1.165) is 46.5 Å². The van der Waals surface area contributed by atoms with Crippen molar-refractivity contribution in [3.63, 3.8) is 0 Å². The highest BCUT2D eigenvalue weighted by Gasteiger charge is 2.29. The first kappa shape index (κ1) is 22.9. The number of imidazole rings is 1. The maximum Gasteiger partial charge on any atom is 0.339 e. The monoisotopic (exact) mass is 491 g/mol. The molecule has 10 heteroatoms. The van der Waals surface area contributed by atoms with Gasteiger partial charge in [0, 0.05) is 18.7 Å². The van der Waals surface area contributed by atoms with Gasteiger partial charge in [-0.05, 0) is 49.2 Å². The molecule has 0 radical (unpaired) electrons. The van der Waals surface area contributed by atoms with Crippen LogP contribution >= 0.6 is 11.3 Å². The van der Waals surface area contributed by atoms with E-state index in [1.54, 1.807) is 35.9 Å². The van der Waals surface area contributed by atoms with Crippen LogP contribution in [-0.4, -0.2) is 53.8 Å². The first-order valence-corrected chi connectivity index (χ1v) is 12.1. The molecule has 5 rings (SSSR count). The molecule has 1 fully saturated rings. The van der Waals surface area contributed by atoms with Crippen LogP contribution in [0.3, 0.4) is 0 Å². The van der Waals surface area contributed by atoms with Crippen molar-refractivity contribution < 1.29 is 19.1 Å². The van der Waals surface area contributed by atoms with Gasteiger partial charge in [-0.15, -0.1) is 5.10 Å². The van der Waals surface area contributed by atoms with E-state index in [0.29, 0.717) is 17.8 Å². The summed E-state index contributed by atoms with van der Waals surface area (Å²) < 4.78 is 11.8. The van der Waals surface area contributed by atoms with Crippen molar-refractivity contribution in [3.8, 4) is 17.0 Å². The number of carbonyl (C=O) groups is 2. The van der Waals surface area contributed by atoms with Crippen molar-refractivity contribution >= 4 is 39.0 Å². The van der Waals surface area contributed by atoms with Gasteiger partial charge in [-0.3, -0.25) is 4.79 Å². The minimum Gasteiger partial charge on any atom is -0.497 e. The molecule has 2 aromatic carbocycles. The Balaban J connectivity index is 1.29. The number of piperidine rings is 1. The standard InChI is InChI=1S/C25H25N5O4S/c1-33-18-11-9-16(10-12-18)21-15-30-24(27-21)35-25(28-30)29-13-5-6-17(14-29)22(31)26-20-8-4-3-7-19(20)23(32)34-2/h3-4,7-12,15,17H,5-6,13-14H2,1-2H3,(H,26,31)/t17-/m0/s1. The summed E-state index contributed by atoms with van der Waals surface area (Å²) in [5, 5.41) is 8.47. The van der Waals surface area contributed by atoms with Crippen LogP contribution in [0, 0.1) is 5.92 Å². The van der Waals surface area contributed by atoms with Crippen molar-refractivity contribution in [2.45, 2.75) is 12.8 Å². The average molecular weight is 492 g/mol. The molecular formula is C25H25N5O4S. The molecule has 4 aromatic rings. The van der Waals surface area contributed by atoms with E-state index in [2.05, 4.69) is 10.2 Å². The Morgan fingerprint density at radius 1 is 1.11 bits per heavy atom. The number of nitrogens with zero attached hydrogens (tertiary/aromatic N) is 4. The van der Waals surface area contributed by atoms with Crippen LogP contribution in [-0.2, 0) is 9.53 Å². The molecular weight excluding hydrogens is 466 g/mol. The summed E-state index contributed by atoms with van der Waals surface area (Å²) in [5.74, 6) is -0.0197. The largest absolute Gasteiger partial charge is 0.497 e. The average Bonchev–Trinajstić information content (AvgIpc) is 3.48. The molecule has 0 spiro atoms. The van der Waals surface area contributed by atoms with Crippen molar-refractivity contribution in [2.75, 3.05) is 37.5 Å². The van der Waals surface area contributed by atoms with Crippen LogP contribution < -0.4 is 15.0 Å². The van der Waals surface area contributed by atoms with Crippen LogP contribution in [0.25, 0.3) is 16.2 Å². The summed E-state index contributed by atoms with van der Waals surface area (Å²) >= 11 is 1.50. The van der Waals surface area contributed by atoms with Gasteiger partial charge in [0.1, 0.15) is 5.75 Å². The fraction of sp³-hybridized carbons (Fsp3) is 0.280. The van der Waals surface area contributed by atoms with E-state index in [1.807, 2.05) is 30.5 Å². The second-order valence-electron chi connectivity index (χ2n) is 8.28. The molecule has 180 valence electrons. The number of esters is 1. The first-order valence-electron chi connectivity index (χ1n) is 11.3. The summed E-state index contributed by atoms with van der Waals surface area (Å²) in [4.78, 5) is 32.7. The Labute approximate surface area is 206 Å². The second-order valence-corrected chi connectivity index (χ2v) is 9.21. The molecule has 0 bridgehead atoms. The van der Waals surface area contributed by atoms with Gasteiger partial charge in [-0.25, -0.2) is 14.3 Å². The van der Waals surface area contributed by atoms with Crippen LogP contribution in [0.2, 0.25) is 0 Å². The molecule has 1 aliphatic rings. The highest BCUT2D eigenvalue weighted by atomic mass is 32.1. The zero-order chi connectivity index (χ0) is 24.4. The summed E-state index contributed by atoms with van der Waals surface area (Å²) in [5.41, 5.74) is 2.63. The third kappa shape index (κ3) is 4.69. The number of fused-ring (bicyclic) bond motifs is 1. The van der Waals surface area contributed by atoms with Crippen molar-refractivity contribution in [2.24, 2.45) is 5.92 Å². The van der Waals surface area contributed by atoms with E-state index in [4.69, 9.17) is 19.6 Å². The lowest BCUT2D eigenvalue weighted by Crippen LogP contribution is -2.41. The summed E-state index contributed by atoms with van der Waals surface area (Å²) in [6.45, 7) is 1.37. The van der Waals surface area contributed by atoms with E-state index < -0.39 is 5.97 Å². The number of ether oxygens (including phenoxy) is 2. The van der Waals surface area contributed by atoms with Gasteiger partial charge in [-0.2, -0.15) is 0 Å². The molecule has 0 aliphatic carbocycles. The van der Waals surface area contributed by atoms with E-state index in [-0.39, 0.29) is 11.8 Å². The first-order chi connectivity index (χ1) is 17.1. The number of hydrogen-bond acceptors (Lipinski definition) is 8. The van der Waals surface area contributed by atoms with Crippen LogP contribution in [0.5, 0.6) is 5.75 Å². The van der Waals surface area contributed by atoms with Crippen molar-refractivity contribution in [3.05, 3.63) is 60.3 Å². The highest BCUT2D eigenvalue weighted by Crippen LogP contribution is 2.31. The highest BCUT2D eigenvalue weighted by molar-refractivity contribution is 7.20. The van der Waals surface area contributed by atoms with Gasteiger partial charge >= 0.3 is 5.97 Å². The summed E-state index contributed by atoms with van der Waals surface area (Å²) in [7, 11) is 2.97. The Morgan fingerprint density at radius 3 is 2.66 bits per heavy atom. The second kappa shape index (κ2) is 9.75. The number of nitrogens with one attached hydrogen (secondary N) is 1. The zero-order valence-electron chi connectivity index (χ0n) is 19.4. The van der Waals surface area contributed by atoms with Gasteiger partial charge in [-0.1, -0.05) is 23.5 Å². The number of rotatable bonds is 6. The van der Waals surface area contributed by atoms with Crippen LogP contribution in [0.4, 0.5) is 10.8 Å². The van der Waals surface area contributed by atoms with Gasteiger partial charge in [0.05, 0.1) is 43.3 Å². The fourth-order valence-electron chi connectivity index (χ4n) is 4.20. The van der Waals surface area contributed by atoms with Crippen molar-refractivity contribution in [1.82, 2.24) is 14.6 Å². The topological polar surface area (TPSA) is 98.1 Å². The van der Waals surface area contributed by atoms with Crippen molar-refractivity contribution in [1.29, 1.82) is 0 Å². The number of amides is 1. The van der Waals surface area contributed by atoms with Gasteiger partial charge in [0.25, 0.3) is 0 Å². The zero-order valence-corrected chi connectivity index (χ0v) is 20.2. The third-order valence-electron chi connectivity index (χ3n) is 6.07. The predicted molar refractivity (Wildman–Crippen MR) is 134 cm³/mol. The molecule has 2 aromatic heterocycles. The molecule has 0 unspecified atom stereocenters. The normalized spacial score (nSPS) is 15.7. The van der Waals surface area contributed by atoms with E-state index in [1.165, 1.54) is 18.4 Å². The number of anilines is 2. The molecule has 1 N–H and O–H groups in total. The Hall–Kier alpha value is -3.92. The molecule has 0 saturated carbocycles. The number of hydrogen-bond donors (Lipinski definition) is 1. The lowest BCUT2D eigenvalue weighted by atomic mass is 9.97. The maximum absolute atomic E-state index is 13.0. The fourth-order valence-corrected chi connectivity index (χ4v) is 5.12. The predicted octanol–water partition coefficient (Wildman–Crippen LogP) is 4.11. The lowest BCUT2D eigenvalue weighted by molar-refractivity contribution is -0.120. The van der Waals surface area contributed by atoms with Gasteiger partial charge in [0.2, 0.25) is 16.0 Å². The van der Waals surface area contributed by atoms with Gasteiger partial charge in [0.15, 0.2) is 0 Å². The van der Waals surface area contributed by atoms with Crippen LogP contribution in [0.15, 0.2) is 54.7 Å². The molecule has 9 nitrogen and oxygen atoms in total. The van der Waals surface area contributed by atoms with Gasteiger partial charge < -0.3 is 19.7 Å². The number of benzene rings is 2. The molecule has 35 heavy (non-hydrogen) atoms. The van der Waals surface area contributed by atoms with E-state index >= 15 is 0 Å². The number of aromatic nitrogens is 3.